The van der Waals surface area contributed by atoms with Crippen LogP contribution in [0.1, 0.15) is 12.5 Å². The zero-order valence-electron chi connectivity index (χ0n) is 17.8. The summed E-state index contributed by atoms with van der Waals surface area (Å²) >= 11 is 0. The summed E-state index contributed by atoms with van der Waals surface area (Å²) in [5.41, 5.74) is 1.95. The summed E-state index contributed by atoms with van der Waals surface area (Å²) in [5, 5.41) is 25.0. The van der Waals surface area contributed by atoms with E-state index in [1.165, 1.54) is 40.1 Å². The van der Waals surface area contributed by atoms with Crippen molar-refractivity contribution in [2.45, 2.75) is 19.6 Å². The first-order valence-electron chi connectivity index (χ1n) is 10.2. The molecule has 11 nitrogen and oxygen atoms in total. The Kier molecular flexibility index (Phi) is 5.27. The molecule has 1 N–H and O–H groups in total. The van der Waals surface area contributed by atoms with Crippen LogP contribution in [-0.2, 0) is 6.54 Å². The van der Waals surface area contributed by atoms with Gasteiger partial charge < -0.3 is 9.72 Å². The Labute approximate surface area is 191 Å². The zero-order chi connectivity index (χ0) is 23.7. The second-order valence-corrected chi connectivity index (χ2v) is 7.44. The van der Waals surface area contributed by atoms with Gasteiger partial charge in [0, 0.05) is 17.8 Å². The van der Waals surface area contributed by atoms with Crippen molar-refractivity contribution in [3.05, 3.63) is 76.7 Å². The van der Waals surface area contributed by atoms with Crippen LogP contribution < -0.4 is 10.2 Å². The molecule has 1 aromatic carbocycles. The minimum atomic E-state index is -0.516. The van der Waals surface area contributed by atoms with Crippen molar-refractivity contribution in [3.63, 3.8) is 0 Å². The van der Waals surface area contributed by atoms with Gasteiger partial charge >= 0.3 is 0 Å². The first-order valence-corrected chi connectivity index (χ1v) is 10.2. The maximum absolute atomic E-state index is 14.5. The molecule has 5 rings (SSSR count). The van der Waals surface area contributed by atoms with E-state index < -0.39 is 17.3 Å². The second-order valence-electron chi connectivity index (χ2n) is 7.44. The fourth-order valence-electron chi connectivity index (χ4n) is 3.52. The van der Waals surface area contributed by atoms with Crippen molar-refractivity contribution < 1.29 is 9.13 Å². The van der Waals surface area contributed by atoms with Crippen molar-refractivity contribution >= 4 is 5.65 Å². The summed E-state index contributed by atoms with van der Waals surface area (Å²) in [6, 6.07) is 11.1. The van der Waals surface area contributed by atoms with Crippen LogP contribution in [-0.4, -0.2) is 45.9 Å². The number of nitrogens with zero attached hydrogens (tertiary/aromatic N) is 8. The predicted molar refractivity (Wildman–Crippen MR) is 117 cm³/mol. The average molecular weight is 457 g/mol. The number of rotatable bonds is 6. The van der Waals surface area contributed by atoms with E-state index in [4.69, 9.17) is 4.74 Å². The Bertz CT molecular complexity index is 1580. The summed E-state index contributed by atoms with van der Waals surface area (Å²) in [7, 11) is 0. The molecule has 0 aliphatic rings. The molecular weight excluding hydrogens is 441 g/mol. The van der Waals surface area contributed by atoms with Crippen LogP contribution in [0.2, 0.25) is 0 Å². The molecule has 0 aliphatic heterocycles. The van der Waals surface area contributed by atoms with Crippen LogP contribution in [0.3, 0.4) is 0 Å². The van der Waals surface area contributed by atoms with E-state index in [9.17, 15) is 14.4 Å². The average Bonchev–Trinajstić information content (AvgIpc) is 3.49. The molecule has 0 saturated heterocycles. The van der Waals surface area contributed by atoms with E-state index in [2.05, 4.69) is 30.6 Å². The van der Waals surface area contributed by atoms with Gasteiger partial charge in [-0.05, 0) is 47.7 Å². The molecule has 5 aromatic rings. The van der Waals surface area contributed by atoms with Gasteiger partial charge in [-0.2, -0.15) is 10.4 Å². The van der Waals surface area contributed by atoms with E-state index in [-0.39, 0.29) is 11.3 Å². The van der Waals surface area contributed by atoms with E-state index in [1.807, 2.05) is 6.07 Å². The van der Waals surface area contributed by atoms with E-state index in [0.29, 0.717) is 34.8 Å². The minimum Gasteiger partial charge on any atom is -0.486 e. The third kappa shape index (κ3) is 3.86. The van der Waals surface area contributed by atoms with Crippen molar-refractivity contribution in [2.24, 2.45) is 0 Å². The summed E-state index contributed by atoms with van der Waals surface area (Å²) in [6.45, 7) is 2.12. The van der Waals surface area contributed by atoms with Crippen molar-refractivity contribution in [1.82, 2.24) is 39.8 Å². The molecule has 12 heteroatoms. The molecule has 0 aliphatic carbocycles. The molecule has 0 bridgehead atoms. The maximum atomic E-state index is 14.5. The van der Waals surface area contributed by atoms with Crippen LogP contribution in [0.5, 0.6) is 5.75 Å². The Morgan fingerprint density at radius 3 is 2.94 bits per heavy atom. The van der Waals surface area contributed by atoms with Gasteiger partial charge in [-0.1, -0.05) is 0 Å². The highest BCUT2D eigenvalue weighted by Crippen LogP contribution is 2.28. The molecule has 1 atom stereocenters. The number of tetrazole rings is 1. The fourth-order valence-corrected chi connectivity index (χ4v) is 3.52. The van der Waals surface area contributed by atoms with Crippen molar-refractivity contribution in [2.75, 3.05) is 0 Å². The summed E-state index contributed by atoms with van der Waals surface area (Å²) in [6.07, 6.45) is 4.04. The lowest BCUT2D eigenvalue weighted by molar-refractivity contribution is 0.185. The number of H-pyrrole nitrogens is 1. The lowest BCUT2D eigenvalue weighted by Gasteiger charge is -2.15. The van der Waals surface area contributed by atoms with Crippen LogP contribution in [0.25, 0.3) is 28.3 Å². The third-order valence-corrected chi connectivity index (χ3v) is 5.08. The largest absolute Gasteiger partial charge is 0.486 e. The maximum Gasteiger partial charge on any atom is 0.200 e. The molecule has 0 unspecified atom stereocenters. The van der Waals surface area contributed by atoms with Crippen LogP contribution in [0.4, 0.5) is 4.39 Å². The zero-order valence-corrected chi connectivity index (χ0v) is 17.8. The Morgan fingerprint density at radius 1 is 1.26 bits per heavy atom. The number of fused-ring (bicyclic) bond motifs is 1. The quantitative estimate of drug-likeness (QED) is 0.409. The number of imidazole rings is 1. The number of ether oxygens (including phenoxy) is 1. The Balaban J connectivity index is 1.51. The SMILES string of the molecule is C[C@@H](Cn1cnnn1)Oc1cc(-c2ccc3ncc(-c4[nH]ccc(=O)c4C#N)n3n2)ccc1F. The first-order chi connectivity index (χ1) is 16.5. The highest BCUT2D eigenvalue weighted by Gasteiger charge is 2.16. The molecule has 4 heterocycles. The van der Waals surface area contributed by atoms with Crippen LogP contribution in [0.15, 0.2) is 59.9 Å². The van der Waals surface area contributed by atoms with Gasteiger partial charge in [0.25, 0.3) is 0 Å². The number of pyridine rings is 1. The number of hydrogen-bond acceptors (Lipinski definition) is 8. The highest BCUT2D eigenvalue weighted by molar-refractivity contribution is 5.68. The van der Waals surface area contributed by atoms with Gasteiger partial charge in [0.1, 0.15) is 29.8 Å². The number of hydrogen-bond donors (Lipinski definition) is 1. The standard InChI is InChI=1S/C22H16FN9O2/c1-13(11-31-12-27-29-30-31)34-20-8-14(2-3-16(20)23)17-4-5-21-26-10-18(32(21)28-17)22-15(9-24)19(33)6-7-25-22/h2-8,10,12-13H,11H2,1H3,(H,25,33)/t13-/m0/s1. The minimum absolute atomic E-state index is 0.0365. The van der Waals surface area contributed by atoms with Crippen molar-refractivity contribution in [1.29, 1.82) is 5.26 Å². The van der Waals surface area contributed by atoms with E-state index >= 15 is 0 Å². The van der Waals surface area contributed by atoms with Crippen LogP contribution >= 0.6 is 0 Å². The number of aromatic amines is 1. The summed E-state index contributed by atoms with van der Waals surface area (Å²) < 4.78 is 23.2. The number of nitriles is 1. The van der Waals surface area contributed by atoms with Gasteiger partial charge in [0.15, 0.2) is 22.6 Å². The van der Waals surface area contributed by atoms with Gasteiger partial charge in [0.2, 0.25) is 0 Å². The normalized spacial score (nSPS) is 11.9. The van der Waals surface area contributed by atoms with E-state index in [1.54, 1.807) is 31.2 Å². The van der Waals surface area contributed by atoms with Gasteiger partial charge in [0.05, 0.1) is 24.1 Å². The lowest BCUT2D eigenvalue weighted by Crippen LogP contribution is -2.20. The smallest absolute Gasteiger partial charge is 0.200 e. The molecule has 4 aromatic heterocycles. The molecule has 168 valence electrons. The molecule has 0 radical (unpaired) electrons. The highest BCUT2D eigenvalue weighted by atomic mass is 19.1. The van der Waals surface area contributed by atoms with Gasteiger partial charge in [-0.3, -0.25) is 4.79 Å². The number of aromatic nitrogens is 8. The summed E-state index contributed by atoms with van der Waals surface area (Å²) in [5.74, 6) is -0.456. The molecule has 0 saturated carbocycles. The van der Waals surface area contributed by atoms with Gasteiger partial charge in [-0.15, -0.1) is 5.10 Å². The Morgan fingerprint density at radius 2 is 2.15 bits per heavy atom. The summed E-state index contributed by atoms with van der Waals surface area (Å²) in [4.78, 5) is 19.3. The Hall–Kier alpha value is -4.92. The lowest BCUT2D eigenvalue weighted by atomic mass is 10.1. The monoisotopic (exact) mass is 457 g/mol. The molecule has 0 amide bonds. The number of benzene rings is 1. The first kappa shape index (κ1) is 21.0. The van der Waals surface area contributed by atoms with Gasteiger partial charge in [-0.25, -0.2) is 18.6 Å². The fraction of sp³-hybridized carbons (Fsp3) is 0.136. The van der Waals surface area contributed by atoms with Crippen molar-refractivity contribution in [3.8, 4) is 34.5 Å². The number of nitrogens with one attached hydrogen (secondary N) is 1. The van der Waals surface area contributed by atoms with E-state index in [0.717, 1.165) is 0 Å². The number of halogens is 1. The molecule has 0 spiro atoms. The molecule has 0 fully saturated rings. The topological polar surface area (TPSA) is 140 Å². The molecular formula is C22H16FN9O2. The third-order valence-electron chi connectivity index (χ3n) is 5.08. The predicted octanol–water partition coefficient (Wildman–Crippen LogP) is 2.22. The van der Waals surface area contributed by atoms with Crippen LogP contribution in [0, 0.1) is 17.1 Å². The second kappa shape index (κ2) is 8.55. The molecule has 34 heavy (non-hydrogen) atoms.